The van der Waals surface area contributed by atoms with Gasteiger partial charge in [0.2, 0.25) is 0 Å². The summed E-state index contributed by atoms with van der Waals surface area (Å²) in [7, 11) is 2.19. The maximum atomic E-state index is 5.68. The van der Waals surface area contributed by atoms with Crippen LogP contribution in [0.5, 0.6) is 0 Å². The van der Waals surface area contributed by atoms with Crippen LogP contribution in [-0.4, -0.2) is 25.0 Å². The van der Waals surface area contributed by atoms with E-state index in [0.29, 0.717) is 12.5 Å². The summed E-state index contributed by atoms with van der Waals surface area (Å²) in [6.07, 6.45) is 1.26. The average molecular weight is 248 g/mol. The number of benzene rings is 1. The Morgan fingerprint density at radius 2 is 1.72 bits per heavy atom. The van der Waals surface area contributed by atoms with E-state index in [1.807, 2.05) is 0 Å². The molecule has 2 heteroatoms. The summed E-state index contributed by atoms with van der Waals surface area (Å²) in [5.74, 6) is 1.23. The van der Waals surface area contributed by atoms with Gasteiger partial charge in [-0.3, -0.25) is 0 Å². The highest BCUT2D eigenvalue weighted by Crippen LogP contribution is 2.15. The van der Waals surface area contributed by atoms with Crippen molar-refractivity contribution < 1.29 is 0 Å². The van der Waals surface area contributed by atoms with Crippen LogP contribution < -0.4 is 5.73 Å². The topological polar surface area (TPSA) is 29.3 Å². The third-order valence-corrected chi connectivity index (χ3v) is 3.44. The van der Waals surface area contributed by atoms with Crippen LogP contribution in [0.25, 0.3) is 0 Å². The standard InChI is InChI=1S/C16H28N2/c1-13(2)9-10-18(4)12-15-5-7-16(8-6-15)14(3)11-17/h5-8,13-14H,9-12,17H2,1-4H3. The second-order valence-electron chi connectivity index (χ2n) is 5.80. The minimum absolute atomic E-state index is 0.456. The zero-order valence-corrected chi connectivity index (χ0v) is 12.3. The van der Waals surface area contributed by atoms with Crippen molar-refractivity contribution in [1.82, 2.24) is 4.90 Å². The molecule has 0 saturated carbocycles. The van der Waals surface area contributed by atoms with E-state index in [1.165, 1.54) is 24.1 Å². The first-order valence-electron chi connectivity index (χ1n) is 7.00. The number of hydrogen-bond donors (Lipinski definition) is 1. The SMILES string of the molecule is CC(C)CCN(C)Cc1ccc(C(C)CN)cc1. The van der Waals surface area contributed by atoms with Gasteiger partial charge in [0.25, 0.3) is 0 Å². The van der Waals surface area contributed by atoms with Gasteiger partial charge in [-0.05, 0) is 49.5 Å². The lowest BCUT2D eigenvalue weighted by Crippen LogP contribution is -2.20. The molecule has 2 nitrogen and oxygen atoms in total. The van der Waals surface area contributed by atoms with Crippen molar-refractivity contribution >= 4 is 0 Å². The summed E-state index contributed by atoms with van der Waals surface area (Å²) in [5.41, 5.74) is 8.40. The summed E-state index contributed by atoms with van der Waals surface area (Å²) in [5, 5.41) is 0. The second-order valence-corrected chi connectivity index (χ2v) is 5.80. The van der Waals surface area contributed by atoms with Crippen LogP contribution in [0, 0.1) is 5.92 Å². The van der Waals surface area contributed by atoms with Crippen LogP contribution in [0.1, 0.15) is 44.2 Å². The second kappa shape index (κ2) is 7.55. The van der Waals surface area contributed by atoms with Gasteiger partial charge < -0.3 is 10.6 Å². The molecule has 1 rings (SSSR count). The van der Waals surface area contributed by atoms with Crippen molar-refractivity contribution in [1.29, 1.82) is 0 Å². The number of nitrogens with zero attached hydrogens (tertiary/aromatic N) is 1. The molecule has 0 amide bonds. The Hall–Kier alpha value is -0.860. The summed E-state index contributed by atoms with van der Waals surface area (Å²) in [6, 6.07) is 8.88. The first-order chi connectivity index (χ1) is 8.52. The van der Waals surface area contributed by atoms with Crippen molar-refractivity contribution in [3.8, 4) is 0 Å². The first-order valence-corrected chi connectivity index (χ1v) is 7.00. The monoisotopic (exact) mass is 248 g/mol. The highest BCUT2D eigenvalue weighted by molar-refractivity contribution is 5.25. The van der Waals surface area contributed by atoms with Crippen molar-refractivity contribution in [2.24, 2.45) is 11.7 Å². The lowest BCUT2D eigenvalue weighted by atomic mass is 10.00. The first kappa shape index (κ1) is 15.2. The van der Waals surface area contributed by atoms with Gasteiger partial charge in [-0.2, -0.15) is 0 Å². The Bertz CT molecular complexity index is 329. The largest absolute Gasteiger partial charge is 0.330 e. The van der Waals surface area contributed by atoms with Crippen LogP contribution in [0.2, 0.25) is 0 Å². The fraction of sp³-hybridized carbons (Fsp3) is 0.625. The van der Waals surface area contributed by atoms with Gasteiger partial charge in [0.15, 0.2) is 0 Å². The fourth-order valence-electron chi connectivity index (χ4n) is 1.96. The predicted molar refractivity (Wildman–Crippen MR) is 79.7 cm³/mol. The molecule has 0 saturated heterocycles. The Labute approximate surface area is 112 Å². The molecule has 0 bridgehead atoms. The van der Waals surface area contributed by atoms with Gasteiger partial charge >= 0.3 is 0 Å². The normalized spacial score (nSPS) is 13.3. The van der Waals surface area contributed by atoms with Gasteiger partial charge in [-0.15, -0.1) is 0 Å². The van der Waals surface area contributed by atoms with Gasteiger partial charge in [0.05, 0.1) is 0 Å². The van der Waals surface area contributed by atoms with Gasteiger partial charge in [0.1, 0.15) is 0 Å². The zero-order chi connectivity index (χ0) is 13.5. The minimum Gasteiger partial charge on any atom is -0.330 e. The molecule has 0 aliphatic carbocycles. The van der Waals surface area contributed by atoms with Gasteiger partial charge in [-0.1, -0.05) is 45.0 Å². The van der Waals surface area contributed by atoms with Crippen molar-refractivity contribution in [3.63, 3.8) is 0 Å². The Morgan fingerprint density at radius 1 is 1.11 bits per heavy atom. The molecule has 0 aromatic heterocycles. The summed E-state index contributed by atoms with van der Waals surface area (Å²) < 4.78 is 0. The van der Waals surface area contributed by atoms with Gasteiger partial charge in [-0.25, -0.2) is 0 Å². The molecule has 0 heterocycles. The van der Waals surface area contributed by atoms with Crippen LogP contribution in [0.4, 0.5) is 0 Å². The summed E-state index contributed by atoms with van der Waals surface area (Å²) in [4.78, 5) is 2.39. The van der Waals surface area contributed by atoms with E-state index < -0.39 is 0 Å². The smallest absolute Gasteiger partial charge is 0.0230 e. The molecule has 2 N–H and O–H groups in total. The van der Waals surface area contributed by atoms with Crippen LogP contribution in [0.3, 0.4) is 0 Å². The quantitative estimate of drug-likeness (QED) is 0.802. The molecular weight excluding hydrogens is 220 g/mol. The van der Waals surface area contributed by atoms with E-state index in [2.05, 4.69) is 57.0 Å². The van der Waals surface area contributed by atoms with E-state index in [-0.39, 0.29) is 0 Å². The summed E-state index contributed by atoms with van der Waals surface area (Å²) in [6.45, 7) is 9.63. The average Bonchev–Trinajstić information content (AvgIpc) is 2.36. The van der Waals surface area contributed by atoms with Crippen LogP contribution in [-0.2, 0) is 6.54 Å². The predicted octanol–water partition coefficient (Wildman–Crippen LogP) is 3.23. The van der Waals surface area contributed by atoms with E-state index in [9.17, 15) is 0 Å². The third kappa shape index (κ3) is 5.19. The molecule has 0 aliphatic heterocycles. The molecular formula is C16H28N2. The molecule has 0 aliphatic rings. The Balaban J connectivity index is 2.48. The van der Waals surface area contributed by atoms with Crippen molar-refractivity contribution in [3.05, 3.63) is 35.4 Å². The minimum atomic E-state index is 0.456. The number of hydrogen-bond acceptors (Lipinski definition) is 2. The van der Waals surface area contributed by atoms with Crippen LogP contribution >= 0.6 is 0 Å². The maximum Gasteiger partial charge on any atom is 0.0230 e. The van der Waals surface area contributed by atoms with E-state index in [0.717, 1.165) is 12.5 Å². The van der Waals surface area contributed by atoms with E-state index in [1.54, 1.807) is 0 Å². The molecule has 0 fully saturated rings. The van der Waals surface area contributed by atoms with E-state index >= 15 is 0 Å². The van der Waals surface area contributed by atoms with Crippen LogP contribution in [0.15, 0.2) is 24.3 Å². The third-order valence-electron chi connectivity index (χ3n) is 3.44. The van der Waals surface area contributed by atoms with E-state index in [4.69, 9.17) is 5.73 Å². The molecule has 18 heavy (non-hydrogen) atoms. The molecule has 1 unspecified atom stereocenters. The Morgan fingerprint density at radius 3 is 2.22 bits per heavy atom. The Kier molecular flexibility index (Phi) is 6.37. The molecule has 1 atom stereocenters. The number of rotatable bonds is 7. The van der Waals surface area contributed by atoms with Crippen molar-refractivity contribution in [2.75, 3.05) is 20.1 Å². The molecule has 1 aromatic carbocycles. The fourth-order valence-corrected chi connectivity index (χ4v) is 1.96. The van der Waals surface area contributed by atoms with Gasteiger partial charge in [0, 0.05) is 6.54 Å². The molecule has 0 radical (unpaired) electrons. The number of nitrogens with two attached hydrogens (primary N) is 1. The highest BCUT2D eigenvalue weighted by Gasteiger charge is 2.05. The maximum absolute atomic E-state index is 5.68. The zero-order valence-electron chi connectivity index (χ0n) is 12.3. The molecule has 1 aromatic rings. The van der Waals surface area contributed by atoms with Crippen molar-refractivity contribution in [2.45, 2.75) is 39.7 Å². The lowest BCUT2D eigenvalue weighted by Gasteiger charge is -2.18. The molecule has 0 spiro atoms. The lowest BCUT2D eigenvalue weighted by molar-refractivity contribution is 0.303. The summed E-state index contributed by atoms with van der Waals surface area (Å²) >= 11 is 0. The highest BCUT2D eigenvalue weighted by atomic mass is 15.1. The molecule has 102 valence electrons.